The molecule has 108 valence electrons. The quantitative estimate of drug-likeness (QED) is 0.871. The average molecular weight is 287 g/mol. The van der Waals surface area contributed by atoms with Crippen LogP contribution in [0.3, 0.4) is 0 Å². The first-order valence-corrected chi connectivity index (χ1v) is 6.32. The summed E-state index contributed by atoms with van der Waals surface area (Å²) in [6, 6.07) is 10.7. The molecular weight excluding hydrogens is 273 g/mol. The first-order chi connectivity index (χ1) is 9.97. The van der Waals surface area contributed by atoms with Crippen LogP contribution in [0.15, 0.2) is 42.5 Å². The third kappa shape index (κ3) is 3.66. The van der Waals surface area contributed by atoms with E-state index in [-0.39, 0.29) is 23.0 Å². The Hall–Kier alpha value is -2.69. The molecule has 21 heavy (non-hydrogen) atoms. The molecule has 0 saturated carbocycles. The zero-order valence-corrected chi connectivity index (χ0v) is 11.6. The SMILES string of the molecule is CC(=O)Nc1ccccc1Oc1ccc(C(C)=O)cc1F. The molecule has 0 atom stereocenters. The highest BCUT2D eigenvalue weighted by Gasteiger charge is 2.11. The molecule has 0 heterocycles. The Morgan fingerprint density at radius 1 is 1.05 bits per heavy atom. The fourth-order valence-corrected chi connectivity index (χ4v) is 1.77. The number of hydrogen-bond donors (Lipinski definition) is 1. The molecule has 4 nitrogen and oxygen atoms in total. The Morgan fingerprint density at radius 3 is 2.38 bits per heavy atom. The summed E-state index contributed by atoms with van der Waals surface area (Å²) in [5.41, 5.74) is 0.718. The summed E-state index contributed by atoms with van der Waals surface area (Å²) in [6.07, 6.45) is 0. The molecule has 0 saturated heterocycles. The van der Waals surface area contributed by atoms with Crippen LogP contribution in [-0.2, 0) is 4.79 Å². The maximum absolute atomic E-state index is 13.9. The van der Waals surface area contributed by atoms with Crippen LogP contribution in [0.4, 0.5) is 10.1 Å². The van der Waals surface area contributed by atoms with Crippen molar-refractivity contribution in [2.24, 2.45) is 0 Å². The van der Waals surface area contributed by atoms with Crippen molar-refractivity contribution in [3.63, 3.8) is 0 Å². The number of Topliss-reactive ketones (excluding diaryl/α,β-unsaturated/α-hetero) is 1. The second-order valence-electron chi connectivity index (χ2n) is 4.48. The zero-order valence-electron chi connectivity index (χ0n) is 11.6. The van der Waals surface area contributed by atoms with Crippen LogP contribution in [0.2, 0.25) is 0 Å². The number of ketones is 1. The van der Waals surface area contributed by atoms with Gasteiger partial charge in [-0.2, -0.15) is 0 Å². The maximum atomic E-state index is 13.9. The first-order valence-electron chi connectivity index (χ1n) is 6.32. The summed E-state index contributed by atoms with van der Waals surface area (Å²) in [5.74, 6) is -0.808. The van der Waals surface area contributed by atoms with Gasteiger partial charge in [0, 0.05) is 12.5 Å². The summed E-state index contributed by atoms with van der Waals surface area (Å²) in [6.45, 7) is 2.74. The van der Waals surface area contributed by atoms with Crippen molar-refractivity contribution < 1.29 is 18.7 Å². The number of benzene rings is 2. The number of halogens is 1. The molecule has 0 aliphatic heterocycles. The van der Waals surface area contributed by atoms with Crippen molar-refractivity contribution in [3.8, 4) is 11.5 Å². The summed E-state index contributed by atoms with van der Waals surface area (Å²) in [7, 11) is 0. The van der Waals surface area contributed by atoms with E-state index >= 15 is 0 Å². The molecule has 2 aromatic rings. The first kappa shape index (κ1) is 14.7. The van der Waals surface area contributed by atoms with E-state index < -0.39 is 5.82 Å². The number of carbonyl (C=O) groups is 2. The van der Waals surface area contributed by atoms with Gasteiger partial charge >= 0.3 is 0 Å². The van der Waals surface area contributed by atoms with E-state index in [9.17, 15) is 14.0 Å². The van der Waals surface area contributed by atoms with Gasteiger partial charge in [0.25, 0.3) is 0 Å². The second kappa shape index (κ2) is 6.17. The highest BCUT2D eigenvalue weighted by molar-refractivity contribution is 5.94. The average Bonchev–Trinajstić information content (AvgIpc) is 2.42. The normalized spacial score (nSPS) is 10.0. The zero-order chi connectivity index (χ0) is 15.4. The number of nitrogens with one attached hydrogen (secondary N) is 1. The molecule has 1 amide bonds. The molecular formula is C16H14FNO3. The van der Waals surface area contributed by atoms with E-state index in [1.54, 1.807) is 24.3 Å². The smallest absolute Gasteiger partial charge is 0.221 e. The van der Waals surface area contributed by atoms with E-state index in [4.69, 9.17) is 4.74 Å². The fourth-order valence-electron chi connectivity index (χ4n) is 1.77. The van der Waals surface area contributed by atoms with Crippen LogP contribution in [0, 0.1) is 5.82 Å². The molecule has 0 unspecified atom stereocenters. The van der Waals surface area contributed by atoms with Gasteiger partial charge in [0.1, 0.15) is 0 Å². The van der Waals surface area contributed by atoms with Crippen LogP contribution in [0.5, 0.6) is 11.5 Å². The fraction of sp³-hybridized carbons (Fsp3) is 0.125. The predicted octanol–water partition coefficient (Wildman–Crippen LogP) is 3.78. The minimum Gasteiger partial charge on any atom is -0.452 e. The van der Waals surface area contributed by atoms with Gasteiger partial charge in [-0.25, -0.2) is 4.39 Å². The highest BCUT2D eigenvalue weighted by Crippen LogP contribution is 2.31. The van der Waals surface area contributed by atoms with Gasteiger partial charge in [0.05, 0.1) is 5.69 Å². The van der Waals surface area contributed by atoms with Gasteiger partial charge in [-0.15, -0.1) is 0 Å². The van der Waals surface area contributed by atoms with Crippen LogP contribution in [-0.4, -0.2) is 11.7 Å². The van der Waals surface area contributed by atoms with E-state index in [1.165, 1.54) is 26.0 Å². The Morgan fingerprint density at radius 2 is 1.76 bits per heavy atom. The van der Waals surface area contributed by atoms with Crippen molar-refractivity contribution in [1.82, 2.24) is 0 Å². The largest absolute Gasteiger partial charge is 0.452 e. The number of ether oxygens (including phenoxy) is 1. The van der Waals surface area contributed by atoms with Crippen LogP contribution >= 0.6 is 0 Å². The van der Waals surface area contributed by atoms with E-state index in [0.717, 1.165) is 6.07 Å². The molecule has 2 rings (SSSR count). The number of carbonyl (C=O) groups excluding carboxylic acids is 2. The van der Waals surface area contributed by atoms with E-state index in [2.05, 4.69) is 5.32 Å². The third-order valence-corrected chi connectivity index (χ3v) is 2.76. The minimum atomic E-state index is -0.639. The number of anilines is 1. The van der Waals surface area contributed by atoms with Gasteiger partial charge in [-0.1, -0.05) is 12.1 Å². The minimum absolute atomic E-state index is 0.0159. The lowest BCUT2D eigenvalue weighted by Gasteiger charge is -2.12. The van der Waals surface area contributed by atoms with Crippen molar-refractivity contribution in [2.45, 2.75) is 13.8 Å². The van der Waals surface area contributed by atoms with Crippen molar-refractivity contribution in [3.05, 3.63) is 53.8 Å². The summed E-state index contributed by atoms with van der Waals surface area (Å²) < 4.78 is 19.4. The molecule has 5 heteroatoms. The number of hydrogen-bond acceptors (Lipinski definition) is 3. The molecule has 0 aromatic heterocycles. The second-order valence-corrected chi connectivity index (χ2v) is 4.48. The molecule has 0 radical (unpaired) electrons. The summed E-state index contributed by atoms with van der Waals surface area (Å²) in [4.78, 5) is 22.3. The van der Waals surface area contributed by atoms with Crippen molar-refractivity contribution in [1.29, 1.82) is 0 Å². The Labute approximate surface area is 121 Å². The van der Waals surface area contributed by atoms with E-state index in [0.29, 0.717) is 11.4 Å². The van der Waals surface area contributed by atoms with Crippen LogP contribution in [0.25, 0.3) is 0 Å². The lowest BCUT2D eigenvalue weighted by molar-refractivity contribution is -0.114. The van der Waals surface area contributed by atoms with E-state index in [1.807, 2.05) is 0 Å². The van der Waals surface area contributed by atoms with Gasteiger partial charge in [0.15, 0.2) is 23.1 Å². The maximum Gasteiger partial charge on any atom is 0.221 e. The highest BCUT2D eigenvalue weighted by atomic mass is 19.1. The molecule has 0 aliphatic rings. The molecule has 0 bridgehead atoms. The van der Waals surface area contributed by atoms with Crippen molar-refractivity contribution in [2.75, 3.05) is 5.32 Å². The topological polar surface area (TPSA) is 55.4 Å². The number of rotatable bonds is 4. The standard InChI is InChI=1S/C16H14FNO3/c1-10(19)12-7-8-15(13(17)9-12)21-16-6-4-3-5-14(16)18-11(2)20/h3-9H,1-2H3,(H,18,20). The number of para-hydroxylation sites is 2. The Kier molecular flexibility index (Phi) is 4.33. The van der Waals surface area contributed by atoms with Crippen LogP contribution < -0.4 is 10.1 Å². The third-order valence-electron chi connectivity index (χ3n) is 2.76. The molecule has 0 spiro atoms. The lowest BCUT2D eigenvalue weighted by atomic mass is 10.1. The monoisotopic (exact) mass is 287 g/mol. The van der Waals surface area contributed by atoms with Gasteiger partial charge < -0.3 is 10.1 Å². The summed E-state index contributed by atoms with van der Waals surface area (Å²) >= 11 is 0. The van der Waals surface area contributed by atoms with Crippen LogP contribution in [0.1, 0.15) is 24.2 Å². The Bertz CT molecular complexity index is 698. The number of amides is 1. The van der Waals surface area contributed by atoms with Crippen molar-refractivity contribution >= 4 is 17.4 Å². The molecule has 1 N–H and O–H groups in total. The predicted molar refractivity (Wildman–Crippen MR) is 77.2 cm³/mol. The summed E-state index contributed by atoms with van der Waals surface area (Å²) in [5, 5.41) is 2.60. The molecule has 2 aromatic carbocycles. The lowest BCUT2D eigenvalue weighted by Crippen LogP contribution is -2.07. The van der Waals surface area contributed by atoms with Gasteiger partial charge in [0.2, 0.25) is 5.91 Å². The molecule has 0 fully saturated rings. The Balaban J connectivity index is 2.30. The van der Waals surface area contributed by atoms with Gasteiger partial charge in [-0.3, -0.25) is 9.59 Å². The molecule has 0 aliphatic carbocycles. The van der Waals surface area contributed by atoms with Gasteiger partial charge in [-0.05, 0) is 37.3 Å².